The van der Waals surface area contributed by atoms with Gasteiger partial charge in [-0.25, -0.2) is 9.97 Å². The normalized spacial score (nSPS) is 10.5. The van der Waals surface area contributed by atoms with Crippen LogP contribution in [0.2, 0.25) is 0 Å². The molecule has 6 heteroatoms. The predicted molar refractivity (Wildman–Crippen MR) is 72.6 cm³/mol. The molecule has 0 radical (unpaired) electrons. The predicted octanol–water partition coefficient (Wildman–Crippen LogP) is 1.32. The number of aromatic nitrogens is 3. The minimum Gasteiger partial charge on any atom is -0.384 e. The molecule has 0 atom stereocenters. The molecule has 0 unspecified atom stereocenters. The lowest BCUT2D eigenvalue weighted by atomic mass is 10.4. The van der Waals surface area contributed by atoms with E-state index in [1.54, 1.807) is 29.0 Å². The van der Waals surface area contributed by atoms with Crippen molar-refractivity contribution in [2.24, 2.45) is 0 Å². The fourth-order valence-electron chi connectivity index (χ4n) is 1.51. The summed E-state index contributed by atoms with van der Waals surface area (Å²) in [6.45, 7) is 2.51. The first-order valence-corrected chi connectivity index (χ1v) is 6.53. The lowest BCUT2D eigenvalue weighted by Crippen LogP contribution is -2.18. The smallest absolute Gasteiger partial charge is 0.250 e. The zero-order valence-electron chi connectivity index (χ0n) is 10.0. The Balaban J connectivity index is 1.96. The van der Waals surface area contributed by atoms with Gasteiger partial charge in [0.1, 0.15) is 5.82 Å². The Morgan fingerprint density at radius 2 is 2.22 bits per heavy atom. The molecule has 0 spiro atoms. The Labute approximate surface area is 109 Å². The molecule has 2 rings (SSSR count). The maximum absolute atomic E-state index is 11.5. The van der Waals surface area contributed by atoms with Crippen molar-refractivity contribution in [3.05, 3.63) is 46.5 Å². The molecule has 18 heavy (non-hydrogen) atoms. The molecule has 0 aliphatic carbocycles. The second-order valence-electron chi connectivity index (χ2n) is 3.80. The number of nitrogens with zero attached hydrogens (tertiary/aromatic N) is 3. The van der Waals surface area contributed by atoms with Crippen LogP contribution in [-0.4, -0.2) is 20.3 Å². The zero-order valence-corrected chi connectivity index (χ0v) is 10.9. The summed E-state index contributed by atoms with van der Waals surface area (Å²) in [4.78, 5) is 19.9. The fourth-order valence-corrected chi connectivity index (χ4v) is 2.36. The van der Waals surface area contributed by atoms with Crippen molar-refractivity contribution in [2.75, 3.05) is 11.5 Å². The Hall–Kier alpha value is -1.82. The third-order valence-electron chi connectivity index (χ3n) is 2.32. The topological polar surface area (TPSA) is 73.8 Å². The number of aryl methyl sites for hydroxylation is 2. The number of thioether (sulfide) groups is 1. The Kier molecular flexibility index (Phi) is 3.99. The van der Waals surface area contributed by atoms with E-state index < -0.39 is 0 Å². The summed E-state index contributed by atoms with van der Waals surface area (Å²) >= 11 is 1.49. The van der Waals surface area contributed by atoms with E-state index >= 15 is 0 Å². The van der Waals surface area contributed by atoms with Crippen LogP contribution in [0.3, 0.4) is 0 Å². The molecule has 0 bridgehead atoms. The number of nitrogen functional groups attached to an aromatic ring is 1. The first-order chi connectivity index (χ1) is 8.65. The van der Waals surface area contributed by atoms with E-state index in [1.807, 2.05) is 13.0 Å². The van der Waals surface area contributed by atoms with Crippen molar-refractivity contribution in [3.63, 3.8) is 0 Å². The Bertz CT molecular complexity index is 576. The molecule has 0 aliphatic heterocycles. The number of hydrogen-bond acceptors (Lipinski definition) is 5. The summed E-state index contributed by atoms with van der Waals surface area (Å²) in [5.74, 6) is 1.20. The van der Waals surface area contributed by atoms with Crippen molar-refractivity contribution < 1.29 is 0 Å². The average molecular weight is 262 g/mol. The van der Waals surface area contributed by atoms with Gasteiger partial charge in [-0.15, -0.1) is 0 Å². The third kappa shape index (κ3) is 3.33. The summed E-state index contributed by atoms with van der Waals surface area (Å²) in [6.07, 6.45) is 1.77. The molecular formula is C12H14N4OS. The average Bonchev–Trinajstić information content (AvgIpc) is 2.30. The van der Waals surface area contributed by atoms with Gasteiger partial charge in [0, 0.05) is 36.3 Å². The maximum atomic E-state index is 11.5. The number of hydrogen-bond donors (Lipinski definition) is 1. The Morgan fingerprint density at radius 1 is 1.39 bits per heavy atom. The van der Waals surface area contributed by atoms with E-state index in [0.717, 1.165) is 11.4 Å². The molecule has 2 heterocycles. The van der Waals surface area contributed by atoms with Crippen LogP contribution in [0.1, 0.15) is 5.69 Å². The quantitative estimate of drug-likeness (QED) is 0.664. The second kappa shape index (κ2) is 5.68. The van der Waals surface area contributed by atoms with Crippen LogP contribution in [0, 0.1) is 6.92 Å². The summed E-state index contributed by atoms with van der Waals surface area (Å²) in [5, 5.41) is 0.650. The molecule has 0 fully saturated rings. The standard InChI is InChI=1S/C12H14N4OS/c1-9-8-10(13)15-12(14-9)18-7-6-16-5-3-2-4-11(16)17/h2-5,8H,6-7H2,1H3,(H2,13,14,15). The van der Waals surface area contributed by atoms with Crippen LogP contribution >= 0.6 is 11.8 Å². The van der Waals surface area contributed by atoms with Gasteiger partial charge >= 0.3 is 0 Å². The molecule has 0 aromatic carbocycles. The van der Waals surface area contributed by atoms with Gasteiger partial charge in [-0.3, -0.25) is 4.79 Å². The lowest BCUT2D eigenvalue weighted by Gasteiger charge is -2.05. The summed E-state index contributed by atoms with van der Waals surface area (Å²) in [7, 11) is 0. The van der Waals surface area contributed by atoms with Crippen molar-refractivity contribution in [2.45, 2.75) is 18.6 Å². The van der Waals surface area contributed by atoms with Gasteiger partial charge in [0.15, 0.2) is 5.16 Å². The van der Waals surface area contributed by atoms with Crippen LogP contribution < -0.4 is 11.3 Å². The molecule has 2 aromatic rings. The largest absolute Gasteiger partial charge is 0.384 e. The molecule has 0 aliphatic rings. The second-order valence-corrected chi connectivity index (χ2v) is 4.86. The minimum absolute atomic E-state index is 0.00257. The van der Waals surface area contributed by atoms with Crippen molar-refractivity contribution in [3.8, 4) is 0 Å². The van der Waals surface area contributed by atoms with Gasteiger partial charge in [-0.05, 0) is 13.0 Å². The van der Waals surface area contributed by atoms with Crippen LogP contribution in [0.15, 0.2) is 40.4 Å². The van der Waals surface area contributed by atoms with E-state index in [2.05, 4.69) is 9.97 Å². The molecule has 0 saturated carbocycles. The summed E-state index contributed by atoms with van der Waals surface area (Å²) in [6, 6.07) is 6.85. The minimum atomic E-state index is 0.00257. The van der Waals surface area contributed by atoms with Crippen molar-refractivity contribution in [1.29, 1.82) is 0 Å². The van der Waals surface area contributed by atoms with Crippen molar-refractivity contribution >= 4 is 17.6 Å². The summed E-state index contributed by atoms with van der Waals surface area (Å²) in [5.41, 5.74) is 6.50. The summed E-state index contributed by atoms with van der Waals surface area (Å²) < 4.78 is 1.66. The van der Waals surface area contributed by atoms with Crippen LogP contribution in [0.25, 0.3) is 0 Å². The molecule has 0 amide bonds. The highest BCUT2D eigenvalue weighted by molar-refractivity contribution is 7.99. The van der Waals surface area contributed by atoms with E-state index in [9.17, 15) is 4.79 Å². The van der Waals surface area contributed by atoms with Gasteiger partial charge in [-0.1, -0.05) is 17.8 Å². The van der Waals surface area contributed by atoms with Gasteiger partial charge in [0.25, 0.3) is 5.56 Å². The molecule has 2 N–H and O–H groups in total. The SMILES string of the molecule is Cc1cc(N)nc(SCCn2ccccc2=O)n1. The van der Waals surface area contributed by atoms with E-state index in [-0.39, 0.29) is 5.56 Å². The molecule has 0 saturated heterocycles. The molecule has 94 valence electrons. The van der Waals surface area contributed by atoms with Gasteiger partial charge in [0.2, 0.25) is 0 Å². The lowest BCUT2D eigenvalue weighted by molar-refractivity contribution is 0.733. The number of pyridine rings is 1. The highest BCUT2D eigenvalue weighted by atomic mass is 32.2. The molecular weight excluding hydrogens is 248 g/mol. The molecule has 2 aromatic heterocycles. The number of rotatable bonds is 4. The first kappa shape index (κ1) is 12.6. The van der Waals surface area contributed by atoms with Crippen LogP contribution in [0.5, 0.6) is 0 Å². The zero-order chi connectivity index (χ0) is 13.0. The molecule has 5 nitrogen and oxygen atoms in total. The highest BCUT2D eigenvalue weighted by Crippen LogP contribution is 2.14. The third-order valence-corrected chi connectivity index (χ3v) is 3.14. The first-order valence-electron chi connectivity index (χ1n) is 5.54. The Morgan fingerprint density at radius 3 is 2.94 bits per heavy atom. The van der Waals surface area contributed by atoms with Gasteiger partial charge in [0.05, 0.1) is 0 Å². The van der Waals surface area contributed by atoms with Crippen LogP contribution in [0.4, 0.5) is 5.82 Å². The maximum Gasteiger partial charge on any atom is 0.250 e. The highest BCUT2D eigenvalue weighted by Gasteiger charge is 2.01. The van der Waals surface area contributed by atoms with E-state index in [0.29, 0.717) is 17.5 Å². The van der Waals surface area contributed by atoms with Crippen LogP contribution in [-0.2, 0) is 6.54 Å². The monoisotopic (exact) mass is 262 g/mol. The van der Waals surface area contributed by atoms with Gasteiger partial charge in [-0.2, -0.15) is 0 Å². The number of anilines is 1. The fraction of sp³-hybridized carbons (Fsp3) is 0.250. The number of nitrogens with two attached hydrogens (primary N) is 1. The van der Waals surface area contributed by atoms with Gasteiger partial charge < -0.3 is 10.3 Å². The van der Waals surface area contributed by atoms with E-state index in [4.69, 9.17) is 5.73 Å². The van der Waals surface area contributed by atoms with Crippen molar-refractivity contribution in [1.82, 2.24) is 14.5 Å². The van der Waals surface area contributed by atoms with E-state index in [1.165, 1.54) is 11.8 Å².